The highest BCUT2D eigenvalue weighted by Gasteiger charge is 2.07. The lowest BCUT2D eigenvalue weighted by molar-refractivity contribution is 0.294. The van der Waals surface area contributed by atoms with E-state index in [1.165, 1.54) is 20.9 Å². The number of benzene rings is 2. The van der Waals surface area contributed by atoms with Crippen LogP contribution in [-0.2, 0) is 13.2 Å². The molecule has 2 aromatic carbocycles. The van der Waals surface area contributed by atoms with Crippen LogP contribution >= 0.6 is 22.7 Å². The van der Waals surface area contributed by atoms with Gasteiger partial charge in [-0.1, -0.05) is 55.2 Å². The molecule has 2 aromatic heterocycles. The minimum absolute atomic E-state index is 0.598. The molecule has 0 amide bonds. The van der Waals surface area contributed by atoms with Crippen LogP contribution in [0, 0.1) is 11.8 Å². The zero-order chi connectivity index (χ0) is 22.0. The fourth-order valence-electron chi connectivity index (χ4n) is 3.48. The molecular weight excluding hydrogens is 430 g/mol. The van der Waals surface area contributed by atoms with E-state index in [2.05, 4.69) is 83.0 Å². The van der Waals surface area contributed by atoms with Crippen molar-refractivity contribution in [3.8, 4) is 28.0 Å². The summed E-state index contributed by atoms with van der Waals surface area (Å²) in [7, 11) is 0. The van der Waals surface area contributed by atoms with Crippen molar-refractivity contribution >= 4 is 22.7 Å². The van der Waals surface area contributed by atoms with Gasteiger partial charge < -0.3 is 4.74 Å². The summed E-state index contributed by atoms with van der Waals surface area (Å²) in [5, 5.41) is 4.32. The highest BCUT2D eigenvalue weighted by molar-refractivity contribution is 7.14. The maximum Gasteiger partial charge on any atom is 0.122 e. The monoisotopic (exact) mass is 457 g/mol. The first-order valence-electron chi connectivity index (χ1n) is 10.9. The summed E-state index contributed by atoms with van der Waals surface area (Å²) < 4.78 is 6.11. The zero-order valence-corrected chi connectivity index (χ0v) is 19.9. The molecule has 0 saturated carbocycles. The molecule has 0 fully saturated rings. The highest BCUT2D eigenvalue weighted by Crippen LogP contribution is 2.30. The smallest absolute Gasteiger partial charge is 0.122 e. The molecule has 0 aliphatic rings. The second-order valence-corrected chi connectivity index (χ2v) is 9.54. The Balaban J connectivity index is 1.34. The molecule has 4 aromatic rings. The first-order valence-corrected chi connectivity index (χ1v) is 12.7. The molecule has 0 atom stereocenters. The Hall–Kier alpha value is -2.84. The Morgan fingerprint density at radius 2 is 1.84 bits per heavy atom. The fourth-order valence-corrected chi connectivity index (χ4v) is 5.06. The van der Waals surface area contributed by atoms with E-state index in [-0.39, 0.29) is 0 Å². The van der Waals surface area contributed by atoms with Crippen LogP contribution < -0.4 is 4.74 Å². The largest absolute Gasteiger partial charge is 0.488 e. The van der Waals surface area contributed by atoms with Crippen LogP contribution in [-0.4, -0.2) is 18.0 Å². The topological polar surface area (TPSA) is 12.5 Å². The zero-order valence-electron chi connectivity index (χ0n) is 18.3. The Morgan fingerprint density at radius 1 is 0.938 bits per heavy atom. The SMILES string of the molecule is CCCN(CC#Cc1ccccc1)Cc1cccc(OCc2cc(-c3cccs3)cs2)c1. The summed E-state index contributed by atoms with van der Waals surface area (Å²) in [6.07, 6.45) is 1.11. The third kappa shape index (κ3) is 6.58. The average molecular weight is 458 g/mol. The van der Waals surface area contributed by atoms with Crippen LogP contribution in [0.1, 0.15) is 29.3 Å². The Bertz CT molecular complexity index is 1150. The number of nitrogens with zero attached hydrogens (tertiary/aromatic N) is 1. The van der Waals surface area contributed by atoms with Crippen LogP contribution in [0.5, 0.6) is 5.75 Å². The lowest BCUT2D eigenvalue weighted by Gasteiger charge is -2.19. The number of hydrogen-bond acceptors (Lipinski definition) is 4. The predicted octanol–water partition coefficient (Wildman–Crippen LogP) is 7.32. The van der Waals surface area contributed by atoms with Gasteiger partial charge in [0, 0.05) is 27.4 Å². The van der Waals surface area contributed by atoms with Gasteiger partial charge in [-0.3, -0.25) is 4.90 Å². The van der Waals surface area contributed by atoms with Crippen LogP contribution in [0.3, 0.4) is 0 Å². The van der Waals surface area contributed by atoms with Crippen molar-refractivity contribution in [2.24, 2.45) is 0 Å². The molecule has 0 N–H and O–H groups in total. The molecule has 4 heteroatoms. The molecular formula is C28H27NOS2. The van der Waals surface area contributed by atoms with Crippen LogP contribution in [0.25, 0.3) is 10.4 Å². The van der Waals surface area contributed by atoms with Gasteiger partial charge in [0.25, 0.3) is 0 Å². The standard InChI is InChI=1S/C28H27NOS2/c1-2-15-29(16-7-12-23-9-4-3-5-10-23)20-24-11-6-13-26(18-24)30-21-27-19-25(22-32-27)28-14-8-17-31-28/h3-6,8-11,13-14,17-19,22H,2,15-16,20-21H2,1H3. The third-order valence-electron chi connectivity index (χ3n) is 4.99. The summed E-state index contributed by atoms with van der Waals surface area (Å²) in [4.78, 5) is 4.94. The van der Waals surface area contributed by atoms with Crippen molar-refractivity contribution in [1.29, 1.82) is 0 Å². The van der Waals surface area contributed by atoms with Crippen molar-refractivity contribution in [3.63, 3.8) is 0 Å². The van der Waals surface area contributed by atoms with Crippen molar-refractivity contribution in [2.45, 2.75) is 26.5 Å². The predicted molar refractivity (Wildman–Crippen MR) is 137 cm³/mol. The normalized spacial score (nSPS) is 10.7. The molecule has 0 aliphatic carbocycles. The van der Waals surface area contributed by atoms with E-state index in [4.69, 9.17) is 4.74 Å². The van der Waals surface area contributed by atoms with Crippen molar-refractivity contribution in [2.75, 3.05) is 13.1 Å². The molecule has 2 nitrogen and oxygen atoms in total. The second kappa shape index (κ2) is 11.7. The third-order valence-corrected chi connectivity index (χ3v) is 6.82. The molecule has 0 saturated heterocycles. The van der Waals surface area contributed by atoms with Gasteiger partial charge in [0.15, 0.2) is 0 Å². The van der Waals surface area contributed by atoms with E-state index in [1.807, 2.05) is 24.3 Å². The minimum atomic E-state index is 0.598. The quantitative estimate of drug-likeness (QED) is 0.244. The minimum Gasteiger partial charge on any atom is -0.488 e. The van der Waals surface area contributed by atoms with Gasteiger partial charge in [0.1, 0.15) is 12.4 Å². The van der Waals surface area contributed by atoms with Gasteiger partial charge >= 0.3 is 0 Å². The van der Waals surface area contributed by atoms with E-state index in [0.717, 1.165) is 37.4 Å². The lowest BCUT2D eigenvalue weighted by atomic mass is 10.2. The van der Waals surface area contributed by atoms with Crippen LogP contribution in [0.15, 0.2) is 83.6 Å². The molecule has 4 rings (SSSR count). The Morgan fingerprint density at radius 3 is 2.66 bits per heavy atom. The molecule has 2 heterocycles. The molecule has 0 spiro atoms. The fraction of sp³-hybridized carbons (Fsp3) is 0.214. The molecule has 0 bridgehead atoms. The first-order chi connectivity index (χ1) is 15.8. The Kier molecular flexibility index (Phi) is 8.17. The van der Waals surface area contributed by atoms with Gasteiger partial charge in [-0.05, 0) is 65.7 Å². The van der Waals surface area contributed by atoms with Gasteiger partial charge in [0.05, 0.1) is 6.54 Å². The second-order valence-electron chi connectivity index (χ2n) is 7.59. The van der Waals surface area contributed by atoms with Crippen molar-refractivity contribution in [3.05, 3.63) is 99.6 Å². The van der Waals surface area contributed by atoms with E-state index >= 15 is 0 Å². The van der Waals surface area contributed by atoms with Gasteiger partial charge in [-0.25, -0.2) is 0 Å². The summed E-state index contributed by atoms with van der Waals surface area (Å²) in [6, 6.07) is 25.1. The summed E-state index contributed by atoms with van der Waals surface area (Å²) in [6.45, 7) is 5.46. The molecule has 162 valence electrons. The molecule has 0 unspecified atom stereocenters. The molecule has 0 radical (unpaired) electrons. The number of hydrogen-bond donors (Lipinski definition) is 0. The van der Waals surface area contributed by atoms with Crippen LogP contribution in [0.4, 0.5) is 0 Å². The van der Waals surface area contributed by atoms with Crippen LogP contribution in [0.2, 0.25) is 0 Å². The van der Waals surface area contributed by atoms with Crippen molar-refractivity contribution < 1.29 is 4.74 Å². The maximum absolute atomic E-state index is 6.11. The van der Waals surface area contributed by atoms with E-state index in [9.17, 15) is 0 Å². The van der Waals surface area contributed by atoms with Gasteiger partial charge in [-0.15, -0.1) is 22.7 Å². The maximum atomic E-state index is 6.11. The highest BCUT2D eigenvalue weighted by atomic mass is 32.1. The van der Waals surface area contributed by atoms with E-state index < -0.39 is 0 Å². The average Bonchev–Trinajstić information content (AvgIpc) is 3.51. The van der Waals surface area contributed by atoms with E-state index in [1.54, 1.807) is 22.7 Å². The lowest BCUT2D eigenvalue weighted by Crippen LogP contribution is -2.24. The Labute approximate surface area is 199 Å². The van der Waals surface area contributed by atoms with Gasteiger partial charge in [0.2, 0.25) is 0 Å². The first kappa shape index (κ1) is 22.4. The van der Waals surface area contributed by atoms with Crippen molar-refractivity contribution in [1.82, 2.24) is 4.90 Å². The number of rotatable bonds is 9. The van der Waals surface area contributed by atoms with E-state index in [0.29, 0.717) is 6.61 Å². The molecule has 0 aliphatic heterocycles. The summed E-state index contributed by atoms with van der Waals surface area (Å²) in [5.41, 5.74) is 3.60. The number of ether oxygens (including phenoxy) is 1. The number of thiophene rings is 2. The molecule has 32 heavy (non-hydrogen) atoms. The summed E-state index contributed by atoms with van der Waals surface area (Å²) in [5.74, 6) is 7.51. The van der Waals surface area contributed by atoms with Gasteiger partial charge in [-0.2, -0.15) is 0 Å². The summed E-state index contributed by atoms with van der Waals surface area (Å²) >= 11 is 3.53.